The fourth-order valence-electron chi connectivity index (χ4n) is 8.87. The molecular weight excluding hydrogens is 364 g/mol. The predicted molar refractivity (Wildman–Crippen MR) is 110 cm³/mol. The number of rotatable bonds is 4. The van der Waals surface area contributed by atoms with Crippen molar-refractivity contribution in [1.82, 2.24) is 0 Å². The zero-order valence-electron chi connectivity index (χ0n) is 18.6. The first-order valence-corrected chi connectivity index (χ1v) is 12.0. The molecule has 5 rings (SSSR count). The number of methoxy groups -OCH3 is 1. The predicted octanol–water partition coefficient (Wildman–Crippen LogP) is 4.79. The van der Waals surface area contributed by atoms with Crippen molar-refractivity contribution in [3.05, 3.63) is 0 Å². The highest BCUT2D eigenvalue weighted by Gasteiger charge is 2.67. The Kier molecular flexibility index (Phi) is 4.70. The minimum absolute atomic E-state index is 0.0976. The number of fused-ring (bicyclic) bond motifs is 7. The lowest BCUT2D eigenvalue weighted by Crippen LogP contribution is -2.57. The molecule has 4 aliphatic carbocycles. The molecule has 29 heavy (non-hydrogen) atoms. The summed E-state index contributed by atoms with van der Waals surface area (Å²) in [7, 11) is 1.48. The third-order valence-corrected chi connectivity index (χ3v) is 10.5. The summed E-state index contributed by atoms with van der Waals surface area (Å²) in [5.74, 6) is 3.42. The average molecular weight is 403 g/mol. The van der Waals surface area contributed by atoms with Gasteiger partial charge in [0.05, 0.1) is 19.3 Å². The van der Waals surface area contributed by atoms with Gasteiger partial charge >= 0.3 is 5.97 Å². The number of carbonyl (C=O) groups is 2. The maximum atomic E-state index is 13.5. The van der Waals surface area contributed by atoms with Crippen LogP contribution in [0.15, 0.2) is 0 Å². The van der Waals surface area contributed by atoms with Gasteiger partial charge in [-0.1, -0.05) is 20.8 Å². The van der Waals surface area contributed by atoms with Crippen LogP contribution in [0.3, 0.4) is 0 Å². The molecular formula is C25H38O4. The first-order valence-electron chi connectivity index (χ1n) is 12.0. The first kappa shape index (κ1) is 20.0. The van der Waals surface area contributed by atoms with Crippen molar-refractivity contribution < 1.29 is 19.1 Å². The summed E-state index contributed by atoms with van der Waals surface area (Å²) >= 11 is 0. The highest BCUT2D eigenvalue weighted by atomic mass is 16.6. The minimum atomic E-state index is -0.0976. The van der Waals surface area contributed by atoms with Crippen LogP contribution in [-0.2, 0) is 19.1 Å². The fourth-order valence-corrected chi connectivity index (χ4v) is 8.87. The minimum Gasteiger partial charge on any atom is -0.469 e. The standard InChI is InChI=1S/C25H38O4/c1-14(5-8-21(27)28-4)15-6-7-16-22-17(9-11-24(15,16)2)25(3)12-10-20-23(29-20)18(25)13-19(22)26/h14-18,20,22-23H,5-13H2,1-4H3/t14-,15-,16?,17?,18-,20+,22?,23-,24-,25-/m1/s1. The Labute approximate surface area is 175 Å². The van der Waals surface area contributed by atoms with Gasteiger partial charge in [-0.05, 0) is 79.4 Å². The molecule has 4 nitrogen and oxygen atoms in total. The van der Waals surface area contributed by atoms with E-state index in [1.807, 2.05) is 0 Å². The third-order valence-electron chi connectivity index (χ3n) is 10.5. The molecule has 0 radical (unpaired) electrons. The number of Topliss-reactive ketones (excluding diaryl/α,β-unsaturated/α-hetero) is 1. The van der Waals surface area contributed by atoms with Crippen molar-refractivity contribution in [3.8, 4) is 0 Å². The van der Waals surface area contributed by atoms with E-state index in [0.717, 1.165) is 12.8 Å². The Balaban J connectivity index is 1.36. The number of ketones is 1. The van der Waals surface area contributed by atoms with Gasteiger partial charge in [-0.2, -0.15) is 0 Å². The zero-order valence-corrected chi connectivity index (χ0v) is 18.6. The number of carbonyl (C=O) groups excluding carboxylic acids is 2. The van der Waals surface area contributed by atoms with E-state index in [-0.39, 0.29) is 17.3 Å². The highest BCUT2D eigenvalue weighted by molar-refractivity contribution is 5.83. The summed E-state index contributed by atoms with van der Waals surface area (Å²) in [6.45, 7) is 7.29. The monoisotopic (exact) mass is 402 g/mol. The van der Waals surface area contributed by atoms with Gasteiger partial charge in [0.2, 0.25) is 0 Å². The van der Waals surface area contributed by atoms with Crippen LogP contribution in [-0.4, -0.2) is 31.1 Å². The van der Waals surface area contributed by atoms with Gasteiger partial charge < -0.3 is 9.47 Å². The maximum absolute atomic E-state index is 13.5. The number of ether oxygens (including phenoxy) is 2. The number of epoxide rings is 1. The first-order chi connectivity index (χ1) is 13.8. The van der Waals surface area contributed by atoms with Gasteiger partial charge in [0.25, 0.3) is 0 Å². The smallest absolute Gasteiger partial charge is 0.305 e. The zero-order chi connectivity index (χ0) is 20.6. The van der Waals surface area contributed by atoms with E-state index >= 15 is 0 Å². The second kappa shape index (κ2) is 6.80. The van der Waals surface area contributed by atoms with E-state index in [9.17, 15) is 9.59 Å². The third kappa shape index (κ3) is 2.87. The van der Waals surface area contributed by atoms with Crippen molar-refractivity contribution in [2.45, 2.75) is 90.8 Å². The largest absolute Gasteiger partial charge is 0.469 e. The number of hydrogen-bond donors (Lipinski definition) is 0. The lowest BCUT2D eigenvalue weighted by Gasteiger charge is -2.59. The lowest BCUT2D eigenvalue weighted by molar-refractivity contribution is -0.155. The highest BCUT2D eigenvalue weighted by Crippen LogP contribution is 2.69. The molecule has 0 aromatic carbocycles. The van der Waals surface area contributed by atoms with Gasteiger partial charge in [-0.3, -0.25) is 9.59 Å². The topological polar surface area (TPSA) is 55.9 Å². The SMILES string of the molecule is COC(=O)CC[C@@H](C)[C@H]1CCC2C3C(=O)C[C@@H]4[C@H]5O[C@H]5CC[C@]4(C)C3CC[C@@]21C. The fraction of sp³-hybridized carbons (Fsp3) is 0.920. The van der Waals surface area contributed by atoms with E-state index in [1.54, 1.807) is 0 Å². The molecule has 1 heterocycles. The van der Waals surface area contributed by atoms with Crippen molar-refractivity contribution in [1.29, 1.82) is 0 Å². The van der Waals surface area contributed by atoms with Crippen LogP contribution in [0.1, 0.15) is 78.6 Å². The van der Waals surface area contributed by atoms with E-state index < -0.39 is 0 Å². The normalized spacial score (nSPS) is 51.3. The molecule has 0 aromatic heterocycles. The molecule has 0 aromatic rings. The van der Waals surface area contributed by atoms with Gasteiger partial charge in [0, 0.05) is 24.7 Å². The van der Waals surface area contributed by atoms with Gasteiger partial charge in [0.15, 0.2) is 0 Å². The molecule has 5 fully saturated rings. The average Bonchev–Trinajstić information content (AvgIpc) is 3.40. The van der Waals surface area contributed by atoms with Crippen molar-refractivity contribution >= 4 is 11.8 Å². The quantitative estimate of drug-likeness (QED) is 0.501. The van der Waals surface area contributed by atoms with Crippen LogP contribution in [0, 0.1) is 46.3 Å². The number of esters is 1. The Morgan fingerprint density at radius 1 is 1.10 bits per heavy atom. The molecule has 1 saturated heterocycles. The Bertz CT molecular complexity index is 703. The van der Waals surface area contributed by atoms with Crippen molar-refractivity contribution in [2.24, 2.45) is 46.3 Å². The van der Waals surface area contributed by atoms with Crippen LogP contribution < -0.4 is 0 Å². The molecule has 4 saturated carbocycles. The van der Waals surface area contributed by atoms with E-state index in [2.05, 4.69) is 20.8 Å². The molecule has 162 valence electrons. The molecule has 4 heteroatoms. The molecule has 0 spiro atoms. The second-order valence-corrected chi connectivity index (χ2v) is 11.5. The summed E-state index contributed by atoms with van der Waals surface area (Å²) < 4.78 is 10.8. The van der Waals surface area contributed by atoms with E-state index in [1.165, 1.54) is 45.6 Å². The van der Waals surface area contributed by atoms with E-state index in [0.29, 0.717) is 59.4 Å². The molecule has 0 N–H and O–H groups in total. The van der Waals surface area contributed by atoms with Crippen LogP contribution in [0.4, 0.5) is 0 Å². The lowest BCUT2D eigenvalue weighted by atomic mass is 9.44. The van der Waals surface area contributed by atoms with Gasteiger partial charge in [-0.15, -0.1) is 0 Å². The van der Waals surface area contributed by atoms with Crippen molar-refractivity contribution in [3.63, 3.8) is 0 Å². The molecule has 1 aliphatic heterocycles. The summed E-state index contributed by atoms with van der Waals surface area (Å²) in [4.78, 5) is 25.1. The van der Waals surface area contributed by atoms with E-state index in [4.69, 9.17) is 9.47 Å². The van der Waals surface area contributed by atoms with Gasteiger partial charge in [-0.25, -0.2) is 0 Å². The van der Waals surface area contributed by atoms with Crippen LogP contribution in [0.5, 0.6) is 0 Å². The molecule has 3 unspecified atom stereocenters. The summed E-state index contributed by atoms with van der Waals surface area (Å²) in [6.07, 6.45) is 10.3. The number of hydrogen-bond acceptors (Lipinski definition) is 4. The Morgan fingerprint density at radius 3 is 2.59 bits per heavy atom. The van der Waals surface area contributed by atoms with Crippen LogP contribution >= 0.6 is 0 Å². The van der Waals surface area contributed by atoms with Gasteiger partial charge in [0.1, 0.15) is 5.78 Å². The maximum Gasteiger partial charge on any atom is 0.305 e. The summed E-state index contributed by atoms with van der Waals surface area (Å²) in [5, 5.41) is 0. The Morgan fingerprint density at radius 2 is 1.83 bits per heavy atom. The Hall–Kier alpha value is -0.900. The molecule has 0 amide bonds. The van der Waals surface area contributed by atoms with Crippen LogP contribution in [0.2, 0.25) is 0 Å². The van der Waals surface area contributed by atoms with Crippen LogP contribution in [0.25, 0.3) is 0 Å². The summed E-state index contributed by atoms with van der Waals surface area (Å²) in [6, 6.07) is 0. The van der Waals surface area contributed by atoms with Crippen molar-refractivity contribution in [2.75, 3.05) is 7.11 Å². The second-order valence-electron chi connectivity index (χ2n) is 11.5. The summed E-state index contributed by atoms with van der Waals surface area (Å²) in [5.41, 5.74) is 0.551. The molecule has 5 aliphatic rings. The molecule has 10 atom stereocenters. The molecule has 0 bridgehead atoms.